The zero-order valence-electron chi connectivity index (χ0n) is 13.6. The van der Waals surface area contributed by atoms with Gasteiger partial charge in [0.2, 0.25) is 5.91 Å². The normalized spacial score (nSPS) is 21.5. The molecule has 4 rings (SSSR count). The second-order valence-electron chi connectivity index (χ2n) is 6.62. The first-order valence-electron chi connectivity index (χ1n) is 8.68. The SMILES string of the molecule is CCc1ccc2nc(N3CCC(C(=O)N4CCCC4)C3)sc2c1. The zero-order valence-corrected chi connectivity index (χ0v) is 14.4. The molecular weight excluding hydrogens is 306 g/mol. The molecule has 1 amide bonds. The van der Waals surface area contributed by atoms with Crippen LogP contribution in [0.25, 0.3) is 10.2 Å². The lowest BCUT2D eigenvalue weighted by Crippen LogP contribution is -2.35. The summed E-state index contributed by atoms with van der Waals surface area (Å²) in [5, 5.41) is 1.07. The number of amides is 1. The summed E-state index contributed by atoms with van der Waals surface area (Å²) in [5.74, 6) is 0.519. The van der Waals surface area contributed by atoms with Gasteiger partial charge in [-0.05, 0) is 43.4 Å². The smallest absolute Gasteiger partial charge is 0.227 e. The summed E-state index contributed by atoms with van der Waals surface area (Å²) in [4.78, 5) is 21.7. The Hall–Kier alpha value is -1.62. The monoisotopic (exact) mass is 329 g/mol. The van der Waals surface area contributed by atoms with Crippen molar-refractivity contribution in [2.24, 2.45) is 5.92 Å². The fourth-order valence-electron chi connectivity index (χ4n) is 3.64. The molecule has 0 N–H and O–H groups in total. The fourth-order valence-corrected chi connectivity index (χ4v) is 4.71. The van der Waals surface area contributed by atoms with Gasteiger partial charge in [0.1, 0.15) is 0 Å². The van der Waals surface area contributed by atoms with Crippen LogP contribution >= 0.6 is 11.3 Å². The molecule has 5 heteroatoms. The van der Waals surface area contributed by atoms with Crippen molar-refractivity contribution in [1.82, 2.24) is 9.88 Å². The average Bonchev–Trinajstić information content (AvgIpc) is 3.32. The van der Waals surface area contributed by atoms with Crippen LogP contribution in [0.5, 0.6) is 0 Å². The highest BCUT2D eigenvalue weighted by Gasteiger charge is 2.33. The summed E-state index contributed by atoms with van der Waals surface area (Å²) in [6.07, 6.45) is 4.35. The maximum absolute atomic E-state index is 12.6. The Balaban J connectivity index is 1.49. The zero-order chi connectivity index (χ0) is 15.8. The van der Waals surface area contributed by atoms with Crippen molar-refractivity contribution in [2.45, 2.75) is 32.6 Å². The largest absolute Gasteiger partial charge is 0.347 e. The van der Waals surface area contributed by atoms with Gasteiger partial charge in [0.05, 0.1) is 16.1 Å². The molecule has 1 atom stereocenters. The van der Waals surface area contributed by atoms with E-state index in [-0.39, 0.29) is 5.92 Å². The fraction of sp³-hybridized carbons (Fsp3) is 0.556. The number of carbonyl (C=O) groups excluding carboxylic acids is 1. The van der Waals surface area contributed by atoms with Gasteiger partial charge in [0.25, 0.3) is 0 Å². The van der Waals surface area contributed by atoms with Gasteiger partial charge in [-0.15, -0.1) is 0 Å². The number of thiazole rings is 1. The minimum atomic E-state index is 0.159. The highest BCUT2D eigenvalue weighted by molar-refractivity contribution is 7.22. The van der Waals surface area contributed by atoms with Crippen LogP contribution in [-0.4, -0.2) is 42.0 Å². The van der Waals surface area contributed by atoms with Crippen LogP contribution in [0.15, 0.2) is 18.2 Å². The number of fused-ring (bicyclic) bond motifs is 1. The summed E-state index contributed by atoms with van der Waals surface area (Å²) in [6.45, 7) is 5.87. The van der Waals surface area contributed by atoms with Gasteiger partial charge < -0.3 is 9.80 Å². The Labute approximate surface area is 141 Å². The van der Waals surface area contributed by atoms with Gasteiger partial charge in [0.15, 0.2) is 5.13 Å². The second-order valence-corrected chi connectivity index (χ2v) is 7.63. The predicted octanol–water partition coefficient (Wildman–Crippen LogP) is 3.31. The third-order valence-corrected chi connectivity index (χ3v) is 6.15. The first-order valence-corrected chi connectivity index (χ1v) is 9.49. The number of nitrogens with zero attached hydrogens (tertiary/aromatic N) is 3. The van der Waals surface area contributed by atoms with Crippen molar-refractivity contribution in [3.8, 4) is 0 Å². The van der Waals surface area contributed by atoms with Crippen LogP contribution in [-0.2, 0) is 11.2 Å². The van der Waals surface area contributed by atoms with Crippen LogP contribution < -0.4 is 4.90 Å². The lowest BCUT2D eigenvalue weighted by Gasteiger charge is -2.20. The summed E-state index contributed by atoms with van der Waals surface area (Å²) in [6, 6.07) is 6.53. The number of benzene rings is 1. The lowest BCUT2D eigenvalue weighted by molar-refractivity contribution is -0.133. The van der Waals surface area contributed by atoms with Crippen LogP contribution in [0.2, 0.25) is 0 Å². The molecular formula is C18H23N3OS. The quantitative estimate of drug-likeness (QED) is 0.867. The summed E-state index contributed by atoms with van der Waals surface area (Å²) < 4.78 is 1.26. The minimum absolute atomic E-state index is 0.159. The Morgan fingerprint density at radius 1 is 1.30 bits per heavy atom. The Kier molecular flexibility index (Phi) is 3.97. The summed E-state index contributed by atoms with van der Waals surface area (Å²) in [5.41, 5.74) is 2.44. The number of rotatable bonds is 3. The van der Waals surface area contributed by atoms with Crippen LogP contribution in [0, 0.1) is 5.92 Å². The Morgan fingerprint density at radius 2 is 2.13 bits per heavy atom. The molecule has 0 spiro atoms. The molecule has 2 saturated heterocycles. The van der Waals surface area contributed by atoms with Gasteiger partial charge >= 0.3 is 0 Å². The number of likely N-dealkylation sites (tertiary alicyclic amines) is 1. The number of carbonyl (C=O) groups is 1. The van der Waals surface area contributed by atoms with Gasteiger partial charge in [-0.2, -0.15) is 0 Å². The maximum atomic E-state index is 12.6. The summed E-state index contributed by atoms with van der Waals surface area (Å²) in [7, 11) is 0. The van der Waals surface area contributed by atoms with Crippen molar-refractivity contribution in [1.29, 1.82) is 0 Å². The molecule has 2 fully saturated rings. The average molecular weight is 329 g/mol. The molecule has 2 aliphatic rings. The first-order chi connectivity index (χ1) is 11.2. The maximum Gasteiger partial charge on any atom is 0.227 e. The van der Waals surface area contributed by atoms with E-state index in [4.69, 9.17) is 4.98 Å². The molecule has 23 heavy (non-hydrogen) atoms. The van der Waals surface area contributed by atoms with Crippen LogP contribution in [0.3, 0.4) is 0 Å². The number of aryl methyl sites for hydroxylation is 1. The van der Waals surface area contributed by atoms with E-state index in [1.165, 1.54) is 23.1 Å². The third kappa shape index (κ3) is 2.82. The molecule has 3 heterocycles. The third-order valence-electron chi connectivity index (χ3n) is 5.08. The highest BCUT2D eigenvalue weighted by atomic mass is 32.1. The number of hydrogen-bond acceptors (Lipinski definition) is 4. The van der Waals surface area contributed by atoms with Crippen LogP contribution in [0.4, 0.5) is 5.13 Å². The molecule has 1 aromatic heterocycles. The minimum Gasteiger partial charge on any atom is -0.347 e. The Morgan fingerprint density at radius 3 is 2.91 bits per heavy atom. The van der Waals surface area contributed by atoms with E-state index in [1.807, 2.05) is 0 Å². The number of aromatic nitrogens is 1. The van der Waals surface area contributed by atoms with E-state index < -0.39 is 0 Å². The first kappa shape index (κ1) is 14.9. The predicted molar refractivity (Wildman–Crippen MR) is 95.1 cm³/mol. The molecule has 0 radical (unpaired) electrons. The van der Waals surface area contributed by atoms with Crippen molar-refractivity contribution < 1.29 is 4.79 Å². The van der Waals surface area contributed by atoms with E-state index in [0.29, 0.717) is 5.91 Å². The Bertz CT molecular complexity index is 720. The van der Waals surface area contributed by atoms with Crippen molar-refractivity contribution in [3.63, 3.8) is 0 Å². The second kappa shape index (κ2) is 6.11. The molecule has 1 unspecified atom stereocenters. The van der Waals surface area contributed by atoms with E-state index >= 15 is 0 Å². The van der Waals surface area contributed by atoms with E-state index in [9.17, 15) is 4.79 Å². The van der Waals surface area contributed by atoms with Gasteiger partial charge in [-0.1, -0.05) is 24.3 Å². The molecule has 0 bridgehead atoms. The molecule has 2 aromatic rings. The van der Waals surface area contributed by atoms with Crippen LogP contribution in [0.1, 0.15) is 31.7 Å². The molecule has 2 aliphatic heterocycles. The van der Waals surface area contributed by atoms with Crippen molar-refractivity contribution in [2.75, 3.05) is 31.1 Å². The molecule has 0 saturated carbocycles. The van der Waals surface area contributed by atoms with Gasteiger partial charge in [-0.3, -0.25) is 4.79 Å². The summed E-state index contributed by atoms with van der Waals surface area (Å²) >= 11 is 1.76. The molecule has 1 aromatic carbocycles. The van der Waals surface area contributed by atoms with E-state index in [2.05, 4.69) is 34.9 Å². The molecule has 4 nitrogen and oxygen atoms in total. The molecule has 0 aliphatic carbocycles. The lowest BCUT2D eigenvalue weighted by atomic mass is 10.1. The standard InChI is InChI=1S/C18H23N3OS/c1-2-13-5-6-15-16(11-13)23-18(19-15)21-10-7-14(12-21)17(22)20-8-3-4-9-20/h5-6,11,14H,2-4,7-10,12H2,1H3. The topological polar surface area (TPSA) is 36.4 Å². The number of anilines is 1. The highest BCUT2D eigenvalue weighted by Crippen LogP contribution is 2.33. The van der Waals surface area contributed by atoms with Gasteiger partial charge in [0, 0.05) is 26.2 Å². The van der Waals surface area contributed by atoms with Gasteiger partial charge in [-0.25, -0.2) is 4.98 Å². The number of hydrogen-bond donors (Lipinski definition) is 0. The van der Waals surface area contributed by atoms with E-state index in [1.54, 1.807) is 11.3 Å². The van der Waals surface area contributed by atoms with E-state index in [0.717, 1.165) is 49.7 Å². The van der Waals surface area contributed by atoms with Crippen molar-refractivity contribution in [3.05, 3.63) is 23.8 Å². The van der Waals surface area contributed by atoms with Crippen molar-refractivity contribution >= 4 is 32.6 Å². The molecule has 122 valence electrons.